The van der Waals surface area contributed by atoms with Gasteiger partial charge in [0.25, 0.3) is 5.91 Å². The summed E-state index contributed by atoms with van der Waals surface area (Å²) in [5, 5.41) is 30.3. The number of ether oxygens (including phenoxy) is 1. The molecule has 0 aliphatic rings. The van der Waals surface area contributed by atoms with Crippen LogP contribution in [0.1, 0.15) is 32.8 Å². The predicted molar refractivity (Wildman–Crippen MR) is 92.2 cm³/mol. The highest BCUT2D eigenvalue weighted by Crippen LogP contribution is 2.38. The van der Waals surface area contributed by atoms with Crippen molar-refractivity contribution in [1.29, 1.82) is 5.26 Å². The van der Waals surface area contributed by atoms with Crippen molar-refractivity contribution in [2.75, 3.05) is 13.1 Å². The van der Waals surface area contributed by atoms with E-state index >= 15 is 0 Å². The molecule has 0 atom stereocenters. The molecule has 0 saturated heterocycles. The summed E-state index contributed by atoms with van der Waals surface area (Å²) < 4.78 is 4.89. The maximum atomic E-state index is 12.3. The third-order valence-corrected chi connectivity index (χ3v) is 3.50. The number of aromatic hydroxyl groups is 1. The zero-order chi connectivity index (χ0) is 19.9. The number of nitro groups is 1. The van der Waals surface area contributed by atoms with E-state index in [0.717, 1.165) is 18.2 Å². The molecule has 0 unspecified atom stereocenters. The van der Waals surface area contributed by atoms with Crippen molar-refractivity contribution in [1.82, 2.24) is 4.90 Å². The van der Waals surface area contributed by atoms with Crippen LogP contribution in [-0.4, -0.2) is 39.9 Å². The first-order valence-electron chi connectivity index (χ1n) is 7.92. The van der Waals surface area contributed by atoms with Crippen LogP contribution in [0.25, 0.3) is 6.08 Å². The second-order valence-electron chi connectivity index (χ2n) is 5.12. The number of rotatable bonds is 7. The average molecular weight is 361 g/mol. The van der Waals surface area contributed by atoms with Crippen LogP contribution in [0.5, 0.6) is 11.5 Å². The number of carbonyl (C=O) groups is 2. The van der Waals surface area contributed by atoms with Gasteiger partial charge in [-0.3, -0.25) is 19.7 Å². The van der Waals surface area contributed by atoms with Gasteiger partial charge in [0, 0.05) is 25.6 Å². The normalized spacial score (nSPS) is 10.8. The summed E-state index contributed by atoms with van der Waals surface area (Å²) in [6, 6.07) is 3.91. The highest BCUT2D eigenvalue weighted by molar-refractivity contribution is 6.01. The number of nitrogens with zero attached hydrogens (tertiary/aromatic N) is 3. The number of phenolic OH excluding ortho intramolecular Hbond substituents is 1. The van der Waals surface area contributed by atoms with Crippen molar-refractivity contribution < 1.29 is 24.4 Å². The van der Waals surface area contributed by atoms with Crippen molar-refractivity contribution in [3.63, 3.8) is 0 Å². The predicted octanol–water partition coefficient (Wildman–Crippen LogP) is 2.39. The highest BCUT2D eigenvalue weighted by atomic mass is 16.6. The van der Waals surface area contributed by atoms with Crippen LogP contribution in [0.2, 0.25) is 0 Å². The number of esters is 1. The van der Waals surface area contributed by atoms with Gasteiger partial charge in [0.15, 0.2) is 5.75 Å². The van der Waals surface area contributed by atoms with Gasteiger partial charge in [-0.25, -0.2) is 0 Å². The molecule has 1 N–H and O–H groups in total. The summed E-state index contributed by atoms with van der Waals surface area (Å²) in [5.74, 6) is -2.44. The maximum absolute atomic E-state index is 12.3. The summed E-state index contributed by atoms with van der Waals surface area (Å²) in [4.78, 5) is 35.4. The quantitative estimate of drug-likeness (QED) is 0.197. The monoisotopic (exact) mass is 361 g/mol. The molecule has 9 nitrogen and oxygen atoms in total. The van der Waals surface area contributed by atoms with Gasteiger partial charge < -0.3 is 14.7 Å². The Bertz CT molecular complexity index is 790. The molecule has 138 valence electrons. The Morgan fingerprint density at radius 2 is 1.96 bits per heavy atom. The first kappa shape index (κ1) is 20.6. The fraction of sp³-hybridized carbons (Fsp3) is 0.353. The van der Waals surface area contributed by atoms with Crippen LogP contribution in [0.4, 0.5) is 5.69 Å². The largest absolute Gasteiger partial charge is 0.499 e. The molecule has 0 heterocycles. The molecule has 0 spiro atoms. The van der Waals surface area contributed by atoms with Crippen molar-refractivity contribution in [2.24, 2.45) is 0 Å². The van der Waals surface area contributed by atoms with Crippen LogP contribution in [0.3, 0.4) is 0 Å². The molecule has 26 heavy (non-hydrogen) atoms. The van der Waals surface area contributed by atoms with Gasteiger partial charge in [-0.05, 0) is 31.6 Å². The lowest BCUT2D eigenvalue weighted by molar-refractivity contribution is -0.385. The van der Waals surface area contributed by atoms with Gasteiger partial charge in [0.2, 0.25) is 5.75 Å². The molecule has 0 saturated carbocycles. The Balaban J connectivity index is 3.46. The Kier molecular flexibility index (Phi) is 7.28. The van der Waals surface area contributed by atoms with Crippen LogP contribution in [0, 0.1) is 21.4 Å². The Hall–Kier alpha value is -3.41. The number of phenols is 1. The molecular formula is C17H19N3O6. The minimum atomic E-state index is -0.853. The van der Waals surface area contributed by atoms with E-state index in [-0.39, 0.29) is 17.6 Å². The molecule has 0 aliphatic carbocycles. The number of nitriles is 1. The molecule has 0 fully saturated rings. The smallest absolute Gasteiger partial charge is 0.315 e. The molecule has 1 aromatic carbocycles. The van der Waals surface area contributed by atoms with E-state index < -0.39 is 34.0 Å². The topological polar surface area (TPSA) is 134 Å². The number of carbonyl (C=O) groups excluding carboxylic acids is 2. The van der Waals surface area contributed by atoms with Crippen LogP contribution in [-0.2, 0) is 9.59 Å². The lowest BCUT2D eigenvalue weighted by Crippen LogP contribution is -2.31. The third-order valence-electron chi connectivity index (χ3n) is 3.50. The fourth-order valence-electron chi connectivity index (χ4n) is 2.10. The molecule has 0 aromatic heterocycles. The SMILES string of the molecule is CCC(=O)Oc1cc(/C=C(\C#N)C(=O)N(CC)CC)cc([N+](=O)[O-])c1O. The van der Waals surface area contributed by atoms with Crippen molar-refractivity contribution >= 4 is 23.6 Å². The number of hydrogen-bond donors (Lipinski definition) is 1. The van der Waals surface area contributed by atoms with Gasteiger partial charge in [0.1, 0.15) is 11.6 Å². The number of hydrogen-bond acceptors (Lipinski definition) is 7. The zero-order valence-electron chi connectivity index (χ0n) is 14.7. The van der Waals surface area contributed by atoms with E-state index in [1.807, 2.05) is 0 Å². The second-order valence-corrected chi connectivity index (χ2v) is 5.12. The standard InChI is InChI=1S/C17H19N3O6/c1-4-15(21)26-14-9-11(8-13(16(14)22)20(24)25)7-12(10-18)17(23)19(5-2)6-3/h7-9,22H,4-6H2,1-3H3/b12-7+. The van der Waals surface area contributed by atoms with Crippen LogP contribution < -0.4 is 4.74 Å². The molecule has 9 heteroatoms. The summed E-state index contributed by atoms with van der Waals surface area (Å²) >= 11 is 0. The number of benzene rings is 1. The lowest BCUT2D eigenvalue weighted by Gasteiger charge is -2.17. The number of nitro benzene ring substituents is 1. The molecule has 1 rings (SSSR count). The van der Waals surface area contributed by atoms with E-state index in [1.54, 1.807) is 19.9 Å². The summed E-state index contributed by atoms with van der Waals surface area (Å²) in [5.41, 5.74) is -0.864. The summed E-state index contributed by atoms with van der Waals surface area (Å²) in [6.07, 6.45) is 1.15. The molecular weight excluding hydrogens is 342 g/mol. The minimum Gasteiger partial charge on any atom is -0.499 e. The minimum absolute atomic E-state index is 0.00278. The van der Waals surface area contributed by atoms with Gasteiger partial charge >= 0.3 is 11.7 Å². The molecule has 0 aliphatic heterocycles. The van der Waals surface area contributed by atoms with E-state index in [4.69, 9.17) is 4.74 Å². The molecule has 1 aromatic rings. The van der Waals surface area contributed by atoms with Crippen LogP contribution in [0.15, 0.2) is 17.7 Å². The highest BCUT2D eigenvalue weighted by Gasteiger charge is 2.22. The van der Waals surface area contributed by atoms with Gasteiger partial charge in [-0.1, -0.05) is 6.92 Å². The lowest BCUT2D eigenvalue weighted by atomic mass is 10.1. The first-order valence-corrected chi connectivity index (χ1v) is 7.92. The summed E-state index contributed by atoms with van der Waals surface area (Å²) in [6.45, 7) is 5.81. The summed E-state index contributed by atoms with van der Waals surface area (Å²) in [7, 11) is 0. The van der Waals surface area contributed by atoms with Crippen molar-refractivity contribution in [2.45, 2.75) is 27.2 Å². The van der Waals surface area contributed by atoms with E-state index in [2.05, 4.69) is 0 Å². The molecule has 0 radical (unpaired) electrons. The van der Waals surface area contributed by atoms with E-state index in [9.17, 15) is 30.1 Å². The van der Waals surface area contributed by atoms with Crippen molar-refractivity contribution in [3.8, 4) is 17.6 Å². The zero-order valence-corrected chi connectivity index (χ0v) is 14.7. The third kappa shape index (κ3) is 4.80. The Morgan fingerprint density at radius 3 is 2.42 bits per heavy atom. The number of amides is 1. The van der Waals surface area contributed by atoms with Gasteiger partial charge in [0.05, 0.1) is 4.92 Å². The maximum Gasteiger partial charge on any atom is 0.315 e. The molecule has 0 bridgehead atoms. The van der Waals surface area contributed by atoms with Gasteiger partial charge in [-0.15, -0.1) is 0 Å². The fourth-order valence-corrected chi connectivity index (χ4v) is 2.10. The van der Waals surface area contributed by atoms with Crippen LogP contribution >= 0.6 is 0 Å². The Labute approximate surface area is 150 Å². The average Bonchev–Trinajstić information content (AvgIpc) is 2.62. The number of likely N-dealkylation sites (N-methyl/N-ethyl adjacent to an activating group) is 1. The second kappa shape index (κ2) is 9.17. The van der Waals surface area contributed by atoms with Gasteiger partial charge in [-0.2, -0.15) is 5.26 Å². The van der Waals surface area contributed by atoms with E-state index in [1.165, 1.54) is 11.8 Å². The first-order chi connectivity index (χ1) is 12.3. The molecule has 1 amide bonds. The van der Waals surface area contributed by atoms with Crippen molar-refractivity contribution in [3.05, 3.63) is 33.4 Å². The van der Waals surface area contributed by atoms with E-state index in [0.29, 0.717) is 13.1 Å². The Morgan fingerprint density at radius 1 is 1.35 bits per heavy atom.